The van der Waals surface area contributed by atoms with E-state index in [-0.39, 0.29) is 6.04 Å². The average Bonchev–Trinajstić information content (AvgIpc) is 2.94. The maximum Gasteiger partial charge on any atom is 0.182 e. The molecule has 7 heteroatoms. The molecule has 2 aromatic rings. The Morgan fingerprint density at radius 2 is 2.15 bits per heavy atom. The van der Waals surface area contributed by atoms with Crippen LogP contribution in [0.15, 0.2) is 18.2 Å². The van der Waals surface area contributed by atoms with Gasteiger partial charge in [0.2, 0.25) is 0 Å². The van der Waals surface area contributed by atoms with E-state index >= 15 is 0 Å². The molecule has 0 bridgehead atoms. The van der Waals surface area contributed by atoms with Crippen molar-refractivity contribution in [1.29, 1.82) is 0 Å². The average molecular weight is 277 g/mol. The third kappa shape index (κ3) is 2.88. The van der Waals surface area contributed by atoms with E-state index in [4.69, 9.17) is 15.2 Å². The van der Waals surface area contributed by atoms with Gasteiger partial charge in [-0.15, -0.1) is 5.10 Å². The molecule has 1 heterocycles. The number of hydrogen-bond acceptors (Lipinski definition) is 6. The predicted molar refractivity (Wildman–Crippen MR) is 75.4 cm³/mol. The van der Waals surface area contributed by atoms with E-state index in [9.17, 15) is 0 Å². The lowest BCUT2D eigenvalue weighted by molar-refractivity contribution is 0.178. The Morgan fingerprint density at radius 3 is 2.85 bits per heavy atom. The number of methoxy groups -OCH3 is 2. The molecule has 1 unspecified atom stereocenters. The van der Waals surface area contributed by atoms with Crippen molar-refractivity contribution in [2.24, 2.45) is 0 Å². The number of nitrogens with zero attached hydrogens (tertiary/aromatic N) is 4. The van der Waals surface area contributed by atoms with Crippen LogP contribution in [-0.4, -0.2) is 41.0 Å². The fraction of sp³-hybridized carbons (Fsp3) is 0.462. The fourth-order valence-electron chi connectivity index (χ4n) is 1.94. The first-order chi connectivity index (χ1) is 9.67. The highest BCUT2D eigenvalue weighted by atomic mass is 16.5. The van der Waals surface area contributed by atoms with Gasteiger partial charge in [0, 0.05) is 19.3 Å². The summed E-state index contributed by atoms with van der Waals surface area (Å²) in [6.45, 7) is 2.71. The summed E-state index contributed by atoms with van der Waals surface area (Å²) in [6, 6.07) is 5.64. The Balaban J connectivity index is 2.32. The van der Waals surface area contributed by atoms with Crippen molar-refractivity contribution in [3.05, 3.63) is 18.2 Å². The Morgan fingerprint density at radius 1 is 1.35 bits per heavy atom. The molecule has 1 aromatic heterocycles. The second kappa shape index (κ2) is 6.33. The second-order valence-corrected chi connectivity index (χ2v) is 4.53. The zero-order valence-corrected chi connectivity index (χ0v) is 11.9. The highest BCUT2D eigenvalue weighted by Gasteiger charge is 2.15. The number of hydrogen-bond donors (Lipinski definition) is 1. The molecule has 7 nitrogen and oxygen atoms in total. The number of ether oxygens (including phenoxy) is 2. The molecule has 1 atom stereocenters. The number of rotatable bonds is 6. The Kier molecular flexibility index (Phi) is 4.52. The molecule has 2 rings (SSSR count). The van der Waals surface area contributed by atoms with Gasteiger partial charge in [0.15, 0.2) is 5.82 Å². The van der Waals surface area contributed by atoms with Crippen LogP contribution in [-0.2, 0) is 4.74 Å². The summed E-state index contributed by atoms with van der Waals surface area (Å²) >= 11 is 0. The molecule has 0 aliphatic carbocycles. The largest absolute Gasteiger partial charge is 0.495 e. The third-order valence-corrected chi connectivity index (χ3v) is 3.14. The van der Waals surface area contributed by atoms with Gasteiger partial charge >= 0.3 is 0 Å². The first-order valence-electron chi connectivity index (χ1n) is 6.38. The number of benzene rings is 1. The summed E-state index contributed by atoms with van der Waals surface area (Å²) in [5.74, 6) is 1.30. The topological polar surface area (TPSA) is 88.1 Å². The van der Waals surface area contributed by atoms with Crippen molar-refractivity contribution in [3.8, 4) is 17.1 Å². The summed E-state index contributed by atoms with van der Waals surface area (Å²) in [6.07, 6.45) is 0.834. The predicted octanol–water partition coefficient (Wildman–Crippen LogP) is 1.53. The molecule has 0 saturated heterocycles. The monoisotopic (exact) mass is 277 g/mol. The molecule has 108 valence electrons. The summed E-state index contributed by atoms with van der Waals surface area (Å²) in [5, 5.41) is 11.9. The van der Waals surface area contributed by atoms with Gasteiger partial charge in [-0.05, 0) is 42.0 Å². The van der Waals surface area contributed by atoms with Crippen molar-refractivity contribution in [3.63, 3.8) is 0 Å². The van der Waals surface area contributed by atoms with Gasteiger partial charge < -0.3 is 15.2 Å². The van der Waals surface area contributed by atoms with Crippen LogP contribution < -0.4 is 10.5 Å². The van der Waals surface area contributed by atoms with Crippen molar-refractivity contribution >= 4 is 5.69 Å². The standard InChI is InChI=1S/C13H19N5O2/c1-9(6-7-19-2)18-13(15-16-17-18)10-4-5-11(14)12(8-10)20-3/h4-5,8-9H,6-7,14H2,1-3H3. The van der Waals surface area contributed by atoms with Crippen LogP contribution in [0, 0.1) is 0 Å². The van der Waals surface area contributed by atoms with Gasteiger partial charge in [0.05, 0.1) is 18.8 Å². The van der Waals surface area contributed by atoms with Crippen LogP contribution in [0.1, 0.15) is 19.4 Å². The van der Waals surface area contributed by atoms with E-state index in [2.05, 4.69) is 15.5 Å². The van der Waals surface area contributed by atoms with Gasteiger partial charge in [0.1, 0.15) is 5.75 Å². The number of nitrogen functional groups attached to an aromatic ring is 1. The molecule has 0 spiro atoms. The normalized spacial score (nSPS) is 12.3. The molecular formula is C13H19N5O2. The molecule has 20 heavy (non-hydrogen) atoms. The lowest BCUT2D eigenvalue weighted by Crippen LogP contribution is -2.11. The zero-order valence-electron chi connectivity index (χ0n) is 11.9. The molecular weight excluding hydrogens is 258 g/mol. The first kappa shape index (κ1) is 14.3. The summed E-state index contributed by atoms with van der Waals surface area (Å²) < 4.78 is 12.1. The number of anilines is 1. The lowest BCUT2D eigenvalue weighted by atomic mass is 10.1. The van der Waals surface area contributed by atoms with Crippen LogP contribution in [0.5, 0.6) is 5.75 Å². The van der Waals surface area contributed by atoms with Gasteiger partial charge in [-0.1, -0.05) is 0 Å². The van der Waals surface area contributed by atoms with E-state index in [1.165, 1.54) is 0 Å². The molecule has 1 aromatic carbocycles. The number of aromatic nitrogens is 4. The van der Waals surface area contributed by atoms with Crippen molar-refractivity contribution < 1.29 is 9.47 Å². The molecule has 0 aliphatic heterocycles. The number of tetrazole rings is 1. The van der Waals surface area contributed by atoms with Gasteiger partial charge in [-0.25, -0.2) is 4.68 Å². The van der Waals surface area contributed by atoms with E-state index < -0.39 is 0 Å². The second-order valence-electron chi connectivity index (χ2n) is 4.53. The molecule has 0 amide bonds. The molecule has 0 saturated carbocycles. The SMILES string of the molecule is COCCC(C)n1nnnc1-c1ccc(N)c(OC)c1. The lowest BCUT2D eigenvalue weighted by Gasteiger charge is -2.13. The van der Waals surface area contributed by atoms with E-state index in [0.29, 0.717) is 23.9 Å². The minimum absolute atomic E-state index is 0.142. The van der Waals surface area contributed by atoms with Crippen LogP contribution in [0.2, 0.25) is 0 Å². The van der Waals surface area contributed by atoms with Crippen molar-refractivity contribution in [1.82, 2.24) is 20.2 Å². The van der Waals surface area contributed by atoms with Crippen LogP contribution in [0.25, 0.3) is 11.4 Å². The minimum atomic E-state index is 0.142. The highest BCUT2D eigenvalue weighted by molar-refractivity contribution is 5.65. The quantitative estimate of drug-likeness (QED) is 0.805. The third-order valence-electron chi connectivity index (χ3n) is 3.14. The Bertz CT molecular complexity index is 570. The number of nitrogens with two attached hydrogens (primary N) is 1. The van der Waals surface area contributed by atoms with E-state index in [1.807, 2.05) is 19.1 Å². The molecule has 0 radical (unpaired) electrons. The van der Waals surface area contributed by atoms with Crippen molar-refractivity contribution in [2.75, 3.05) is 26.6 Å². The van der Waals surface area contributed by atoms with Crippen LogP contribution >= 0.6 is 0 Å². The van der Waals surface area contributed by atoms with Gasteiger partial charge in [-0.2, -0.15) is 0 Å². The molecule has 2 N–H and O–H groups in total. The van der Waals surface area contributed by atoms with Gasteiger partial charge in [-0.3, -0.25) is 0 Å². The molecule has 0 fully saturated rings. The minimum Gasteiger partial charge on any atom is -0.495 e. The summed E-state index contributed by atoms with van der Waals surface area (Å²) in [5.41, 5.74) is 7.27. The van der Waals surface area contributed by atoms with Crippen LogP contribution in [0.4, 0.5) is 5.69 Å². The van der Waals surface area contributed by atoms with Crippen molar-refractivity contribution in [2.45, 2.75) is 19.4 Å². The fourth-order valence-corrected chi connectivity index (χ4v) is 1.94. The Hall–Kier alpha value is -2.15. The maximum absolute atomic E-state index is 5.82. The van der Waals surface area contributed by atoms with Crippen LogP contribution in [0.3, 0.4) is 0 Å². The Labute approximate surface area is 117 Å². The van der Waals surface area contributed by atoms with E-state index in [0.717, 1.165) is 12.0 Å². The highest BCUT2D eigenvalue weighted by Crippen LogP contribution is 2.28. The molecule has 0 aliphatic rings. The summed E-state index contributed by atoms with van der Waals surface area (Å²) in [4.78, 5) is 0. The zero-order chi connectivity index (χ0) is 14.5. The summed E-state index contributed by atoms with van der Waals surface area (Å²) in [7, 11) is 3.26. The van der Waals surface area contributed by atoms with Gasteiger partial charge in [0.25, 0.3) is 0 Å². The van der Waals surface area contributed by atoms with E-state index in [1.54, 1.807) is 25.0 Å². The smallest absolute Gasteiger partial charge is 0.182 e. The maximum atomic E-state index is 5.82. The first-order valence-corrected chi connectivity index (χ1v) is 6.38.